The van der Waals surface area contributed by atoms with E-state index < -0.39 is 5.97 Å². The Morgan fingerprint density at radius 1 is 1.16 bits per heavy atom. The molecule has 1 heterocycles. The van der Waals surface area contributed by atoms with Crippen molar-refractivity contribution >= 4 is 23.4 Å². The molecule has 2 aromatic rings. The van der Waals surface area contributed by atoms with Crippen LogP contribution < -0.4 is 4.74 Å². The summed E-state index contributed by atoms with van der Waals surface area (Å²) in [5.74, 6) is -0.703. The summed E-state index contributed by atoms with van der Waals surface area (Å²) in [7, 11) is 1.52. The fraction of sp³-hybridized carbons (Fsp3) is 0.278. The van der Waals surface area contributed by atoms with E-state index in [1.807, 2.05) is 0 Å². The van der Waals surface area contributed by atoms with Gasteiger partial charge in [-0.15, -0.1) is 0 Å². The molecule has 0 saturated heterocycles. The summed E-state index contributed by atoms with van der Waals surface area (Å²) in [5.41, 5.74) is 1.56. The maximum Gasteiger partial charge on any atom is 0.303 e. The van der Waals surface area contributed by atoms with Gasteiger partial charge in [0, 0.05) is 24.8 Å². The Labute approximate surface area is 150 Å². The van der Waals surface area contributed by atoms with Crippen LogP contribution in [0, 0.1) is 0 Å². The van der Waals surface area contributed by atoms with Crippen molar-refractivity contribution in [3.63, 3.8) is 0 Å². The molecule has 0 amide bonds. The number of hydrogen-bond donors (Lipinski definition) is 2. The highest BCUT2D eigenvalue weighted by Gasteiger charge is 2.13. The fourth-order valence-corrected chi connectivity index (χ4v) is 2.62. The minimum Gasteiger partial charge on any atom is -0.506 e. The van der Waals surface area contributed by atoms with Gasteiger partial charge in [0.15, 0.2) is 0 Å². The lowest BCUT2D eigenvalue weighted by molar-refractivity contribution is -0.138. The SMILES string of the molecule is COc1cccc(-c2ccc(O)c(CCC(=O)CCC(=O)O)n2)c1Cl. The molecule has 1 aromatic carbocycles. The zero-order valence-electron chi connectivity index (χ0n) is 13.7. The first-order valence-electron chi connectivity index (χ1n) is 7.67. The van der Waals surface area contributed by atoms with Gasteiger partial charge in [-0.2, -0.15) is 0 Å². The Morgan fingerprint density at radius 2 is 1.92 bits per heavy atom. The number of carboxylic acid groups (broad SMARTS) is 1. The summed E-state index contributed by atoms with van der Waals surface area (Å²) in [6.45, 7) is 0. The van der Waals surface area contributed by atoms with E-state index in [-0.39, 0.29) is 37.2 Å². The molecule has 0 aliphatic rings. The van der Waals surface area contributed by atoms with Crippen LogP contribution in [0.4, 0.5) is 0 Å². The van der Waals surface area contributed by atoms with Crippen molar-refractivity contribution in [3.05, 3.63) is 41.0 Å². The number of aryl methyl sites for hydroxylation is 1. The number of aromatic nitrogens is 1. The molecule has 0 spiro atoms. The number of Topliss-reactive ketones (excluding diaryl/α,β-unsaturated/α-hetero) is 1. The van der Waals surface area contributed by atoms with Crippen LogP contribution in [-0.2, 0) is 16.0 Å². The summed E-state index contributed by atoms with van der Waals surface area (Å²) in [6, 6.07) is 8.42. The van der Waals surface area contributed by atoms with Gasteiger partial charge < -0.3 is 14.9 Å². The van der Waals surface area contributed by atoms with Crippen molar-refractivity contribution in [3.8, 4) is 22.8 Å². The van der Waals surface area contributed by atoms with Crippen LogP contribution in [0.3, 0.4) is 0 Å². The van der Waals surface area contributed by atoms with Gasteiger partial charge >= 0.3 is 5.97 Å². The molecule has 6 nitrogen and oxygen atoms in total. The molecule has 0 unspecified atom stereocenters. The number of carbonyl (C=O) groups excluding carboxylic acids is 1. The molecule has 0 bridgehead atoms. The van der Waals surface area contributed by atoms with E-state index in [9.17, 15) is 14.7 Å². The van der Waals surface area contributed by atoms with E-state index in [2.05, 4.69) is 4.98 Å². The van der Waals surface area contributed by atoms with Crippen LogP contribution in [-0.4, -0.2) is 34.1 Å². The largest absolute Gasteiger partial charge is 0.506 e. The quantitative estimate of drug-likeness (QED) is 0.745. The van der Waals surface area contributed by atoms with Crippen molar-refractivity contribution in [1.82, 2.24) is 4.98 Å². The average molecular weight is 364 g/mol. The monoisotopic (exact) mass is 363 g/mol. The summed E-state index contributed by atoms with van der Waals surface area (Å²) in [6.07, 6.45) is 0.109. The summed E-state index contributed by atoms with van der Waals surface area (Å²) >= 11 is 6.30. The number of aliphatic carboxylic acids is 1. The number of nitrogens with zero attached hydrogens (tertiary/aromatic N) is 1. The molecule has 0 aliphatic heterocycles. The van der Waals surface area contributed by atoms with Gasteiger partial charge in [-0.3, -0.25) is 9.59 Å². The second-order valence-electron chi connectivity index (χ2n) is 5.42. The predicted octanol–water partition coefficient (Wildman–Crippen LogP) is 3.48. The molecule has 0 saturated carbocycles. The first-order valence-corrected chi connectivity index (χ1v) is 8.05. The average Bonchev–Trinajstić information content (AvgIpc) is 2.59. The summed E-state index contributed by atoms with van der Waals surface area (Å²) in [5, 5.41) is 19.0. The number of benzene rings is 1. The molecule has 7 heteroatoms. The lowest BCUT2D eigenvalue weighted by Gasteiger charge is -2.10. The number of halogens is 1. The highest BCUT2D eigenvalue weighted by Crippen LogP contribution is 2.35. The number of carboxylic acids is 1. The van der Waals surface area contributed by atoms with E-state index in [1.165, 1.54) is 13.2 Å². The normalized spacial score (nSPS) is 10.5. The molecule has 132 valence electrons. The van der Waals surface area contributed by atoms with Crippen molar-refractivity contribution in [1.29, 1.82) is 0 Å². The molecule has 1 aromatic heterocycles. The highest BCUT2D eigenvalue weighted by molar-refractivity contribution is 6.34. The third-order valence-electron chi connectivity index (χ3n) is 3.67. The number of ketones is 1. The molecule has 0 fully saturated rings. The Kier molecular flexibility index (Phi) is 6.36. The van der Waals surface area contributed by atoms with E-state index in [0.717, 1.165) is 0 Å². The second kappa shape index (κ2) is 8.48. The number of rotatable bonds is 8. The van der Waals surface area contributed by atoms with Crippen molar-refractivity contribution in [2.75, 3.05) is 7.11 Å². The van der Waals surface area contributed by atoms with Crippen LogP contribution in [0.1, 0.15) is 25.0 Å². The highest BCUT2D eigenvalue weighted by atomic mass is 35.5. The maximum absolute atomic E-state index is 11.7. The van der Waals surface area contributed by atoms with Crippen molar-refractivity contribution < 1.29 is 24.5 Å². The van der Waals surface area contributed by atoms with Crippen LogP contribution in [0.15, 0.2) is 30.3 Å². The molecule has 0 atom stereocenters. The number of methoxy groups -OCH3 is 1. The number of hydrogen-bond acceptors (Lipinski definition) is 5. The molecule has 25 heavy (non-hydrogen) atoms. The fourth-order valence-electron chi connectivity index (χ4n) is 2.32. The number of aromatic hydroxyl groups is 1. The van der Waals surface area contributed by atoms with Crippen LogP contribution in [0.2, 0.25) is 5.02 Å². The molecule has 2 N–H and O–H groups in total. The van der Waals surface area contributed by atoms with E-state index in [0.29, 0.717) is 27.7 Å². The zero-order valence-corrected chi connectivity index (χ0v) is 14.4. The Bertz CT molecular complexity index is 791. The smallest absolute Gasteiger partial charge is 0.303 e. The number of ether oxygens (including phenoxy) is 1. The number of pyridine rings is 1. The van der Waals surface area contributed by atoms with Gasteiger partial charge in [0.25, 0.3) is 0 Å². The third-order valence-corrected chi connectivity index (χ3v) is 4.06. The van der Waals surface area contributed by atoms with Crippen LogP contribution in [0.25, 0.3) is 11.3 Å². The van der Waals surface area contributed by atoms with Crippen LogP contribution >= 0.6 is 11.6 Å². The van der Waals surface area contributed by atoms with Gasteiger partial charge in [-0.1, -0.05) is 23.7 Å². The van der Waals surface area contributed by atoms with E-state index >= 15 is 0 Å². The molecule has 2 rings (SSSR count). The zero-order chi connectivity index (χ0) is 18.4. The van der Waals surface area contributed by atoms with E-state index in [1.54, 1.807) is 24.3 Å². The lowest BCUT2D eigenvalue weighted by atomic mass is 10.1. The minimum atomic E-state index is -1.01. The van der Waals surface area contributed by atoms with E-state index in [4.69, 9.17) is 21.4 Å². The Hall–Kier alpha value is -2.60. The first kappa shape index (κ1) is 18.7. The summed E-state index contributed by atoms with van der Waals surface area (Å²) in [4.78, 5) is 26.6. The molecule has 0 radical (unpaired) electrons. The predicted molar refractivity (Wildman–Crippen MR) is 93.1 cm³/mol. The maximum atomic E-state index is 11.7. The number of carbonyl (C=O) groups is 2. The van der Waals surface area contributed by atoms with Crippen LogP contribution in [0.5, 0.6) is 11.5 Å². The van der Waals surface area contributed by atoms with Gasteiger partial charge in [-0.05, 0) is 18.2 Å². The molecular weight excluding hydrogens is 346 g/mol. The van der Waals surface area contributed by atoms with Gasteiger partial charge in [0.05, 0.1) is 29.9 Å². The standard InChI is InChI=1S/C18H18ClNO5/c1-25-16-4-2-3-12(18(16)19)13-8-9-15(22)14(20-13)7-5-11(21)6-10-17(23)24/h2-4,8-9,22H,5-7,10H2,1H3,(H,23,24). The minimum absolute atomic E-state index is 0.0196. The van der Waals surface area contributed by atoms with Crippen molar-refractivity contribution in [2.24, 2.45) is 0 Å². The van der Waals surface area contributed by atoms with Gasteiger partial charge in [0.2, 0.25) is 0 Å². The summed E-state index contributed by atoms with van der Waals surface area (Å²) < 4.78 is 5.18. The lowest BCUT2D eigenvalue weighted by Crippen LogP contribution is -2.05. The first-order chi connectivity index (χ1) is 11.9. The van der Waals surface area contributed by atoms with Gasteiger partial charge in [-0.25, -0.2) is 4.98 Å². The Balaban J connectivity index is 2.18. The van der Waals surface area contributed by atoms with Gasteiger partial charge in [0.1, 0.15) is 17.3 Å². The second-order valence-corrected chi connectivity index (χ2v) is 5.79. The topological polar surface area (TPSA) is 96.7 Å². The molecular formula is C18H18ClNO5. The third kappa shape index (κ3) is 4.93. The van der Waals surface area contributed by atoms with Crippen molar-refractivity contribution in [2.45, 2.75) is 25.7 Å². The Morgan fingerprint density at radius 3 is 2.60 bits per heavy atom. The molecule has 0 aliphatic carbocycles.